The van der Waals surface area contributed by atoms with Crippen LogP contribution in [0.1, 0.15) is 18.7 Å². The second-order valence-corrected chi connectivity index (χ2v) is 10.1. The number of nitriles is 1. The van der Waals surface area contributed by atoms with E-state index < -0.39 is 15.6 Å². The second-order valence-electron chi connectivity index (χ2n) is 5.53. The van der Waals surface area contributed by atoms with Crippen molar-refractivity contribution in [3.63, 3.8) is 0 Å². The lowest BCUT2D eigenvalue weighted by molar-refractivity contribution is 0.115. The van der Waals surface area contributed by atoms with Gasteiger partial charge in [-0.15, -0.1) is 11.3 Å². The molecule has 0 aliphatic carbocycles. The van der Waals surface area contributed by atoms with Crippen LogP contribution in [0.3, 0.4) is 0 Å². The summed E-state index contributed by atoms with van der Waals surface area (Å²) in [4.78, 5) is 3.20. The SMILES string of the molecule is Cc1sc(Br)cc1S(=O)(=O)N1CCN(C(C)(C)C#N)CC1. The highest BCUT2D eigenvalue weighted by Crippen LogP contribution is 2.32. The summed E-state index contributed by atoms with van der Waals surface area (Å²) in [7, 11) is -3.44. The predicted octanol–water partition coefficient (Wildman–Crippen LogP) is 2.43. The number of hydrogen-bond acceptors (Lipinski definition) is 5. The fourth-order valence-corrected chi connectivity index (χ4v) is 6.19. The molecule has 1 aromatic heterocycles. The third kappa shape index (κ3) is 3.32. The van der Waals surface area contributed by atoms with Crippen LogP contribution >= 0.6 is 27.3 Å². The molecule has 0 aromatic carbocycles. The van der Waals surface area contributed by atoms with Crippen LogP contribution in [0.5, 0.6) is 0 Å². The van der Waals surface area contributed by atoms with Crippen LogP contribution in [0.15, 0.2) is 14.7 Å². The van der Waals surface area contributed by atoms with Gasteiger partial charge in [-0.25, -0.2) is 8.42 Å². The van der Waals surface area contributed by atoms with E-state index in [9.17, 15) is 8.42 Å². The molecule has 1 saturated heterocycles. The van der Waals surface area contributed by atoms with Gasteiger partial charge in [0.05, 0.1) is 14.8 Å². The molecular formula is C13H18BrN3O2S2. The van der Waals surface area contributed by atoms with Gasteiger partial charge in [-0.05, 0) is 42.8 Å². The topological polar surface area (TPSA) is 64.4 Å². The summed E-state index contributed by atoms with van der Waals surface area (Å²) in [5.74, 6) is 0. The van der Waals surface area contributed by atoms with E-state index >= 15 is 0 Å². The summed E-state index contributed by atoms with van der Waals surface area (Å²) in [5, 5.41) is 9.16. The summed E-state index contributed by atoms with van der Waals surface area (Å²) in [6.45, 7) is 7.51. The molecule has 5 nitrogen and oxygen atoms in total. The van der Waals surface area contributed by atoms with Crippen molar-refractivity contribution in [1.29, 1.82) is 5.26 Å². The van der Waals surface area contributed by atoms with Gasteiger partial charge in [0.1, 0.15) is 5.54 Å². The van der Waals surface area contributed by atoms with Gasteiger partial charge < -0.3 is 0 Å². The van der Waals surface area contributed by atoms with Crippen LogP contribution < -0.4 is 0 Å². The van der Waals surface area contributed by atoms with Crippen LogP contribution in [-0.4, -0.2) is 49.3 Å². The fourth-order valence-electron chi connectivity index (χ4n) is 2.38. The first-order valence-electron chi connectivity index (χ1n) is 6.61. The molecule has 116 valence electrons. The van der Waals surface area contributed by atoms with Crippen LogP contribution in [-0.2, 0) is 10.0 Å². The van der Waals surface area contributed by atoms with Gasteiger partial charge >= 0.3 is 0 Å². The number of halogens is 1. The predicted molar refractivity (Wildman–Crippen MR) is 86.8 cm³/mol. The highest BCUT2D eigenvalue weighted by atomic mass is 79.9. The third-order valence-corrected chi connectivity index (χ3v) is 7.47. The Kier molecular flexibility index (Phi) is 4.81. The average molecular weight is 392 g/mol. The van der Waals surface area contributed by atoms with Gasteiger partial charge in [-0.3, -0.25) is 4.90 Å². The highest BCUT2D eigenvalue weighted by molar-refractivity contribution is 9.11. The minimum Gasteiger partial charge on any atom is -0.283 e. The van der Waals surface area contributed by atoms with Crippen LogP contribution in [0.25, 0.3) is 0 Å². The Hall–Kier alpha value is -0.460. The standard InChI is InChI=1S/C13H18BrN3O2S2/c1-10-11(8-12(14)20-10)21(18,19)17-6-4-16(5-7-17)13(2,3)9-15/h8H,4-7H2,1-3H3. The third-order valence-electron chi connectivity index (χ3n) is 3.76. The molecule has 0 N–H and O–H groups in total. The van der Waals surface area contributed by atoms with Gasteiger partial charge in [-0.2, -0.15) is 9.57 Å². The van der Waals surface area contributed by atoms with Crippen molar-refractivity contribution in [3.05, 3.63) is 14.7 Å². The number of aryl methyl sites for hydroxylation is 1. The van der Waals surface area contributed by atoms with E-state index in [1.54, 1.807) is 6.07 Å². The van der Waals surface area contributed by atoms with E-state index in [2.05, 4.69) is 22.0 Å². The monoisotopic (exact) mass is 391 g/mol. The van der Waals surface area contributed by atoms with Gasteiger partial charge in [0.15, 0.2) is 0 Å². The number of thiophene rings is 1. The van der Waals surface area contributed by atoms with E-state index in [1.807, 2.05) is 25.7 Å². The van der Waals surface area contributed by atoms with E-state index in [-0.39, 0.29) is 0 Å². The first kappa shape index (κ1) is 16.9. The molecule has 0 saturated carbocycles. The molecule has 1 fully saturated rings. The lowest BCUT2D eigenvalue weighted by Gasteiger charge is -2.39. The van der Waals surface area contributed by atoms with Crippen LogP contribution in [0, 0.1) is 18.3 Å². The molecule has 21 heavy (non-hydrogen) atoms. The Morgan fingerprint density at radius 2 is 1.90 bits per heavy atom. The molecule has 1 aliphatic rings. The molecule has 2 rings (SSSR count). The van der Waals surface area contributed by atoms with Crippen molar-refractivity contribution in [2.75, 3.05) is 26.2 Å². The van der Waals surface area contributed by atoms with Crippen molar-refractivity contribution in [2.45, 2.75) is 31.2 Å². The molecule has 0 unspecified atom stereocenters. The van der Waals surface area contributed by atoms with E-state index in [1.165, 1.54) is 15.6 Å². The Morgan fingerprint density at radius 1 is 1.33 bits per heavy atom. The zero-order chi connectivity index (χ0) is 15.8. The molecule has 0 spiro atoms. The minimum absolute atomic E-state index is 0.382. The number of piperazine rings is 1. The van der Waals surface area contributed by atoms with Crippen molar-refractivity contribution < 1.29 is 8.42 Å². The second kappa shape index (κ2) is 5.97. The molecule has 0 radical (unpaired) electrons. The fraction of sp³-hybridized carbons (Fsp3) is 0.615. The van der Waals surface area contributed by atoms with Gasteiger partial charge in [0.2, 0.25) is 10.0 Å². The molecule has 1 aromatic rings. The number of nitrogens with zero attached hydrogens (tertiary/aromatic N) is 3. The maximum Gasteiger partial charge on any atom is 0.244 e. The van der Waals surface area contributed by atoms with Crippen molar-refractivity contribution in [1.82, 2.24) is 9.21 Å². The summed E-state index contributed by atoms with van der Waals surface area (Å²) < 4.78 is 27.7. The maximum absolute atomic E-state index is 12.7. The molecule has 2 heterocycles. The Bertz CT molecular complexity index is 668. The molecule has 0 atom stereocenters. The first-order chi connectivity index (χ1) is 9.68. The Morgan fingerprint density at radius 3 is 2.33 bits per heavy atom. The summed E-state index contributed by atoms with van der Waals surface area (Å²) in [6, 6.07) is 3.93. The van der Waals surface area contributed by atoms with E-state index in [0.29, 0.717) is 31.1 Å². The zero-order valence-corrected chi connectivity index (χ0v) is 15.5. The summed E-state index contributed by atoms with van der Waals surface area (Å²) >= 11 is 4.76. The highest BCUT2D eigenvalue weighted by Gasteiger charge is 2.35. The molecule has 8 heteroatoms. The van der Waals surface area contributed by atoms with Gasteiger partial charge in [0, 0.05) is 31.1 Å². The minimum atomic E-state index is -3.44. The van der Waals surface area contributed by atoms with Crippen LogP contribution in [0.4, 0.5) is 0 Å². The van der Waals surface area contributed by atoms with Crippen molar-refractivity contribution in [3.8, 4) is 6.07 Å². The number of rotatable bonds is 3. The lowest BCUT2D eigenvalue weighted by Crippen LogP contribution is -2.55. The lowest BCUT2D eigenvalue weighted by atomic mass is 10.0. The smallest absolute Gasteiger partial charge is 0.244 e. The number of hydrogen-bond donors (Lipinski definition) is 0. The quantitative estimate of drug-likeness (QED) is 0.793. The van der Waals surface area contributed by atoms with Gasteiger partial charge in [-0.1, -0.05) is 0 Å². The molecule has 0 bridgehead atoms. The van der Waals surface area contributed by atoms with E-state index in [4.69, 9.17) is 5.26 Å². The molecule has 0 amide bonds. The maximum atomic E-state index is 12.7. The zero-order valence-electron chi connectivity index (χ0n) is 12.3. The normalized spacial score (nSPS) is 18.6. The molecular weight excluding hydrogens is 374 g/mol. The van der Waals surface area contributed by atoms with Crippen molar-refractivity contribution >= 4 is 37.3 Å². The Labute approximate surface area is 138 Å². The summed E-state index contributed by atoms with van der Waals surface area (Å²) in [6.07, 6.45) is 0. The van der Waals surface area contributed by atoms with Gasteiger partial charge in [0.25, 0.3) is 0 Å². The average Bonchev–Trinajstić information content (AvgIpc) is 2.78. The Balaban J connectivity index is 2.16. The first-order valence-corrected chi connectivity index (χ1v) is 9.66. The van der Waals surface area contributed by atoms with Crippen molar-refractivity contribution in [2.24, 2.45) is 0 Å². The summed E-state index contributed by atoms with van der Waals surface area (Å²) in [5.41, 5.74) is -0.558. The van der Waals surface area contributed by atoms with Crippen LogP contribution in [0.2, 0.25) is 0 Å². The number of sulfonamides is 1. The largest absolute Gasteiger partial charge is 0.283 e. The van der Waals surface area contributed by atoms with E-state index in [0.717, 1.165) is 8.66 Å². The molecule has 1 aliphatic heterocycles.